The van der Waals surface area contributed by atoms with E-state index in [-0.39, 0.29) is 29.7 Å². The summed E-state index contributed by atoms with van der Waals surface area (Å²) in [6, 6.07) is 8.31. The summed E-state index contributed by atoms with van der Waals surface area (Å²) in [5.74, 6) is -0.532. The van der Waals surface area contributed by atoms with E-state index in [9.17, 15) is 14.5 Å². The van der Waals surface area contributed by atoms with Gasteiger partial charge in [0, 0.05) is 6.07 Å². The van der Waals surface area contributed by atoms with Crippen molar-refractivity contribution in [2.45, 2.75) is 13.2 Å². The van der Waals surface area contributed by atoms with Crippen LogP contribution in [0.25, 0.3) is 0 Å². The van der Waals surface area contributed by atoms with Gasteiger partial charge < -0.3 is 9.84 Å². The van der Waals surface area contributed by atoms with Crippen LogP contribution in [-0.2, 0) is 13.2 Å². The molecular weight excluding hydrogens is 301 g/mol. The third-order valence-corrected chi connectivity index (χ3v) is 3.09. The van der Waals surface area contributed by atoms with Crippen molar-refractivity contribution in [1.29, 1.82) is 0 Å². The van der Waals surface area contributed by atoms with Crippen LogP contribution >= 0.6 is 11.6 Å². The SMILES string of the molecule is O=[N+]([O-])c1cc(CO)ccc1OCc1ccc(Cl)c(F)c1. The molecule has 0 unspecified atom stereocenters. The number of nitro benzene ring substituents is 1. The zero-order chi connectivity index (χ0) is 15.4. The molecule has 0 spiro atoms. The summed E-state index contributed by atoms with van der Waals surface area (Å²) in [4.78, 5) is 10.4. The molecule has 0 atom stereocenters. The molecule has 0 bridgehead atoms. The van der Waals surface area contributed by atoms with E-state index in [0.717, 1.165) is 0 Å². The average molecular weight is 312 g/mol. The lowest BCUT2D eigenvalue weighted by molar-refractivity contribution is -0.386. The molecule has 0 saturated heterocycles. The molecule has 7 heteroatoms. The molecule has 21 heavy (non-hydrogen) atoms. The maximum absolute atomic E-state index is 13.3. The molecule has 2 rings (SSSR count). The van der Waals surface area contributed by atoms with Crippen molar-refractivity contribution in [2.24, 2.45) is 0 Å². The maximum Gasteiger partial charge on any atom is 0.311 e. The van der Waals surface area contributed by atoms with Crippen molar-refractivity contribution in [3.63, 3.8) is 0 Å². The highest BCUT2D eigenvalue weighted by Gasteiger charge is 2.16. The predicted molar refractivity (Wildman–Crippen MR) is 74.8 cm³/mol. The van der Waals surface area contributed by atoms with Gasteiger partial charge in [-0.2, -0.15) is 0 Å². The maximum atomic E-state index is 13.3. The van der Waals surface area contributed by atoms with Gasteiger partial charge in [0.25, 0.3) is 0 Å². The molecule has 2 aromatic rings. The minimum absolute atomic E-state index is 0.00275. The van der Waals surface area contributed by atoms with Crippen LogP contribution < -0.4 is 4.74 Å². The van der Waals surface area contributed by atoms with Crippen molar-refractivity contribution >= 4 is 17.3 Å². The zero-order valence-corrected chi connectivity index (χ0v) is 11.5. The summed E-state index contributed by atoms with van der Waals surface area (Å²) in [7, 11) is 0. The summed E-state index contributed by atoms with van der Waals surface area (Å²) in [6.07, 6.45) is 0. The fourth-order valence-corrected chi connectivity index (χ4v) is 1.83. The number of rotatable bonds is 5. The predicted octanol–water partition coefficient (Wildman–Crippen LogP) is 3.46. The van der Waals surface area contributed by atoms with E-state index >= 15 is 0 Å². The van der Waals surface area contributed by atoms with Gasteiger partial charge in [0.15, 0.2) is 5.75 Å². The summed E-state index contributed by atoms with van der Waals surface area (Å²) >= 11 is 5.57. The Labute approximate surface area is 124 Å². The molecule has 2 aromatic carbocycles. The van der Waals surface area contributed by atoms with E-state index in [1.807, 2.05) is 0 Å². The van der Waals surface area contributed by atoms with Crippen LogP contribution in [-0.4, -0.2) is 10.0 Å². The van der Waals surface area contributed by atoms with Gasteiger partial charge in [-0.05, 0) is 29.3 Å². The number of hydrogen-bond donors (Lipinski definition) is 1. The molecule has 0 amide bonds. The number of aliphatic hydroxyl groups is 1. The number of ether oxygens (including phenoxy) is 1. The van der Waals surface area contributed by atoms with Crippen molar-refractivity contribution in [3.05, 3.63) is 68.5 Å². The Morgan fingerprint density at radius 1 is 1.24 bits per heavy atom. The van der Waals surface area contributed by atoms with E-state index in [2.05, 4.69) is 0 Å². The molecule has 0 saturated carbocycles. The van der Waals surface area contributed by atoms with Crippen molar-refractivity contribution in [2.75, 3.05) is 0 Å². The Hall–Kier alpha value is -2.18. The topological polar surface area (TPSA) is 72.6 Å². The monoisotopic (exact) mass is 311 g/mol. The summed E-state index contributed by atoms with van der Waals surface area (Å²) in [5.41, 5.74) is 0.653. The standard InChI is InChI=1S/C14H11ClFNO4/c15-11-3-1-10(5-12(11)16)8-21-14-4-2-9(7-18)6-13(14)17(19)20/h1-6,18H,7-8H2. The lowest BCUT2D eigenvalue weighted by Crippen LogP contribution is -2.00. The van der Waals surface area contributed by atoms with Crippen molar-refractivity contribution in [1.82, 2.24) is 0 Å². The number of nitro groups is 1. The summed E-state index contributed by atoms with van der Waals surface area (Å²) < 4.78 is 18.6. The smallest absolute Gasteiger partial charge is 0.311 e. The Balaban J connectivity index is 2.19. The number of nitrogens with zero attached hydrogens (tertiary/aromatic N) is 1. The number of benzene rings is 2. The Kier molecular flexibility index (Phi) is 4.72. The van der Waals surface area contributed by atoms with E-state index in [0.29, 0.717) is 11.1 Å². The first-order valence-corrected chi connectivity index (χ1v) is 6.34. The Morgan fingerprint density at radius 2 is 1.95 bits per heavy atom. The van der Waals surface area contributed by atoms with Crippen LogP contribution in [0, 0.1) is 15.9 Å². The first-order chi connectivity index (χ1) is 10.0. The van der Waals surface area contributed by atoms with Gasteiger partial charge in [-0.15, -0.1) is 0 Å². The van der Waals surface area contributed by atoms with E-state index in [1.165, 1.54) is 30.3 Å². The minimum atomic E-state index is -0.600. The highest BCUT2D eigenvalue weighted by atomic mass is 35.5. The molecule has 5 nitrogen and oxygen atoms in total. The van der Waals surface area contributed by atoms with Crippen molar-refractivity contribution in [3.8, 4) is 5.75 Å². The number of hydrogen-bond acceptors (Lipinski definition) is 4. The molecule has 0 radical (unpaired) electrons. The molecular formula is C14H11ClFNO4. The number of halogens is 2. The van der Waals surface area contributed by atoms with Gasteiger partial charge in [0.1, 0.15) is 12.4 Å². The molecule has 0 aliphatic carbocycles. The molecule has 0 aliphatic heterocycles. The van der Waals surface area contributed by atoms with E-state index in [1.54, 1.807) is 6.07 Å². The Morgan fingerprint density at radius 3 is 2.57 bits per heavy atom. The molecule has 0 heterocycles. The quantitative estimate of drug-likeness (QED) is 0.678. The highest BCUT2D eigenvalue weighted by molar-refractivity contribution is 6.30. The average Bonchev–Trinajstić information content (AvgIpc) is 2.48. The van der Waals surface area contributed by atoms with Gasteiger partial charge in [-0.3, -0.25) is 10.1 Å². The fraction of sp³-hybridized carbons (Fsp3) is 0.143. The Bertz CT molecular complexity index is 678. The normalized spacial score (nSPS) is 10.4. The first kappa shape index (κ1) is 15.2. The second-order valence-electron chi connectivity index (χ2n) is 4.25. The largest absolute Gasteiger partial charge is 0.482 e. The van der Waals surface area contributed by atoms with Gasteiger partial charge in [-0.1, -0.05) is 23.7 Å². The van der Waals surface area contributed by atoms with Crippen LogP contribution in [0.3, 0.4) is 0 Å². The second kappa shape index (κ2) is 6.51. The number of aliphatic hydroxyl groups excluding tert-OH is 1. The second-order valence-corrected chi connectivity index (χ2v) is 4.66. The van der Waals surface area contributed by atoms with Crippen LogP contribution in [0.2, 0.25) is 5.02 Å². The zero-order valence-electron chi connectivity index (χ0n) is 10.8. The van der Waals surface area contributed by atoms with Crippen LogP contribution in [0.4, 0.5) is 10.1 Å². The van der Waals surface area contributed by atoms with Gasteiger partial charge in [-0.25, -0.2) is 4.39 Å². The van der Waals surface area contributed by atoms with Crippen LogP contribution in [0.1, 0.15) is 11.1 Å². The third kappa shape index (κ3) is 3.68. The van der Waals surface area contributed by atoms with Crippen LogP contribution in [0.15, 0.2) is 36.4 Å². The first-order valence-electron chi connectivity index (χ1n) is 5.96. The van der Waals surface area contributed by atoms with Crippen LogP contribution in [0.5, 0.6) is 5.75 Å². The summed E-state index contributed by atoms with van der Waals surface area (Å²) in [5, 5.41) is 19.9. The van der Waals surface area contributed by atoms with E-state index in [4.69, 9.17) is 21.4 Å². The van der Waals surface area contributed by atoms with Gasteiger partial charge >= 0.3 is 5.69 Å². The van der Waals surface area contributed by atoms with Gasteiger partial charge in [0.05, 0.1) is 16.6 Å². The molecule has 0 aromatic heterocycles. The lowest BCUT2D eigenvalue weighted by Gasteiger charge is -2.08. The third-order valence-electron chi connectivity index (χ3n) is 2.78. The summed E-state index contributed by atoms with van der Waals surface area (Å²) in [6.45, 7) is -0.336. The lowest BCUT2D eigenvalue weighted by atomic mass is 10.2. The molecule has 0 fully saturated rings. The van der Waals surface area contributed by atoms with E-state index < -0.39 is 10.7 Å². The van der Waals surface area contributed by atoms with Crippen molar-refractivity contribution < 1.29 is 19.2 Å². The highest BCUT2D eigenvalue weighted by Crippen LogP contribution is 2.29. The van der Waals surface area contributed by atoms with Gasteiger partial charge in [0.2, 0.25) is 0 Å². The molecule has 1 N–H and O–H groups in total. The minimum Gasteiger partial charge on any atom is -0.482 e. The molecule has 0 aliphatic rings. The fourth-order valence-electron chi connectivity index (χ4n) is 1.72. The molecule has 110 valence electrons.